The lowest BCUT2D eigenvalue weighted by molar-refractivity contribution is -0.118. The Morgan fingerprint density at radius 1 is 1.47 bits per heavy atom. The summed E-state index contributed by atoms with van der Waals surface area (Å²) >= 11 is 0. The first-order chi connectivity index (χ1) is 9.04. The van der Waals surface area contributed by atoms with Crippen molar-refractivity contribution >= 4 is 5.91 Å². The topological polar surface area (TPSA) is 85.2 Å². The highest BCUT2D eigenvalue weighted by Crippen LogP contribution is 2.24. The van der Waals surface area contributed by atoms with E-state index in [9.17, 15) is 9.90 Å². The van der Waals surface area contributed by atoms with Crippen LogP contribution in [0.4, 0.5) is 0 Å². The number of carbonyl (C=O) groups excluding carboxylic acids is 1. The molecular formula is C14H19N3O2. The number of hydrogen-bond acceptors (Lipinski definition) is 4. The minimum atomic E-state index is -0.544. The van der Waals surface area contributed by atoms with Crippen molar-refractivity contribution in [3.63, 3.8) is 0 Å². The van der Waals surface area contributed by atoms with Crippen molar-refractivity contribution in [2.45, 2.75) is 26.3 Å². The number of amides is 1. The van der Waals surface area contributed by atoms with Gasteiger partial charge in [-0.3, -0.25) is 10.1 Å². The van der Waals surface area contributed by atoms with Crippen LogP contribution in [-0.4, -0.2) is 24.1 Å². The van der Waals surface area contributed by atoms with Crippen molar-refractivity contribution in [3.05, 3.63) is 29.3 Å². The fourth-order valence-corrected chi connectivity index (χ4v) is 1.73. The molecule has 102 valence electrons. The highest BCUT2D eigenvalue weighted by atomic mass is 16.3. The van der Waals surface area contributed by atoms with Crippen molar-refractivity contribution in [2.24, 2.45) is 0 Å². The lowest BCUT2D eigenvalue weighted by Crippen LogP contribution is -2.27. The zero-order valence-electron chi connectivity index (χ0n) is 11.2. The lowest BCUT2D eigenvalue weighted by Gasteiger charge is -2.14. The zero-order valence-corrected chi connectivity index (χ0v) is 11.2. The Hall–Kier alpha value is -2.06. The second-order valence-electron chi connectivity index (χ2n) is 4.42. The van der Waals surface area contributed by atoms with E-state index in [0.29, 0.717) is 18.7 Å². The van der Waals surface area contributed by atoms with Crippen molar-refractivity contribution in [2.75, 3.05) is 13.1 Å². The molecule has 1 amide bonds. The molecule has 0 aliphatic heterocycles. The summed E-state index contributed by atoms with van der Waals surface area (Å²) in [4.78, 5) is 10.7. The number of nitrogens with one attached hydrogen (secondary N) is 2. The second-order valence-corrected chi connectivity index (χ2v) is 4.42. The molecule has 1 atom stereocenters. The van der Waals surface area contributed by atoms with Gasteiger partial charge < -0.3 is 10.4 Å². The number of phenols is 1. The molecule has 5 heteroatoms. The first-order valence-corrected chi connectivity index (χ1v) is 6.21. The van der Waals surface area contributed by atoms with E-state index in [1.54, 1.807) is 18.2 Å². The summed E-state index contributed by atoms with van der Waals surface area (Å²) < 4.78 is 0. The van der Waals surface area contributed by atoms with E-state index < -0.39 is 6.04 Å². The van der Waals surface area contributed by atoms with E-state index in [1.807, 2.05) is 6.92 Å². The van der Waals surface area contributed by atoms with Gasteiger partial charge in [0.05, 0.1) is 6.07 Å². The van der Waals surface area contributed by atoms with Crippen LogP contribution in [0.3, 0.4) is 0 Å². The van der Waals surface area contributed by atoms with Crippen LogP contribution in [0.5, 0.6) is 5.75 Å². The van der Waals surface area contributed by atoms with Gasteiger partial charge in [0.2, 0.25) is 5.91 Å². The normalized spacial score (nSPS) is 11.6. The summed E-state index contributed by atoms with van der Waals surface area (Å²) in [5, 5.41) is 24.7. The van der Waals surface area contributed by atoms with E-state index >= 15 is 0 Å². The Kier molecular flexibility index (Phi) is 5.83. The SMILES string of the molecule is CC(=O)NCCCNC(C#N)c1cc(C)ccc1O. The molecule has 1 rings (SSSR count). The van der Waals surface area contributed by atoms with Gasteiger partial charge in [-0.2, -0.15) is 5.26 Å². The molecule has 3 N–H and O–H groups in total. The standard InChI is InChI=1S/C14H19N3O2/c1-10-4-5-14(19)12(8-10)13(9-15)17-7-3-6-16-11(2)18/h4-5,8,13,17,19H,3,6-7H2,1-2H3,(H,16,18). The van der Waals surface area contributed by atoms with Crippen molar-refractivity contribution < 1.29 is 9.90 Å². The Morgan fingerprint density at radius 2 is 2.21 bits per heavy atom. The number of nitrogens with zero attached hydrogens (tertiary/aromatic N) is 1. The Bertz CT molecular complexity index is 480. The molecule has 0 spiro atoms. The minimum absolute atomic E-state index is 0.0619. The van der Waals surface area contributed by atoms with Crippen LogP contribution >= 0.6 is 0 Å². The summed E-state index contributed by atoms with van der Waals surface area (Å²) in [5.41, 5.74) is 1.58. The summed E-state index contributed by atoms with van der Waals surface area (Å²) in [6.07, 6.45) is 0.727. The van der Waals surface area contributed by atoms with Crippen LogP contribution in [0.1, 0.15) is 30.5 Å². The molecule has 0 aromatic heterocycles. The minimum Gasteiger partial charge on any atom is -0.508 e. The average molecular weight is 261 g/mol. The maximum absolute atomic E-state index is 10.7. The van der Waals surface area contributed by atoms with Gasteiger partial charge in [0.1, 0.15) is 11.8 Å². The number of benzene rings is 1. The van der Waals surface area contributed by atoms with Gasteiger partial charge in [-0.1, -0.05) is 11.6 Å². The van der Waals surface area contributed by atoms with Gasteiger partial charge in [0.15, 0.2) is 0 Å². The smallest absolute Gasteiger partial charge is 0.216 e. The van der Waals surface area contributed by atoms with E-state index in [4.69, 9.17) is 5.26 Å². The fourth-order valence-electron chi connectivity index (χ4n) is 1.73. The number of carbonyl (C=O) groups is 1. The third kappa shape index (κ3) is 4.98. The van der Waals surface area contributed by atoms with Crippen LogP contribution in [-0.2, 0) is 4.79 Å². The van der Waals surface area contributed by atoms with Gasteiger partial charge in [-0.05, 0) is 32.0 Å². The van der Waals surface area contributed by atoms with Crippen LogP contribution in [0.25, 0.3) is 0 Å². The molecule has 0 fully saturated rings. The summed E-state index contributed by atoms with van der Waals surface area (Å²) in [6.45, 7) is 4.54. The van der Waals surface area contributed by atoms with Gasteiger partial charge in [-0.25, -0.2) is 0 Å². The monoisotopic (exact) mass is 261 g/mol. The van der Waals surface area contributed by atoms with E-state index in [0.717, 1.165) is 12.0 Å². The van der Waals surface area contributed by atoms with Gasteiger partial charge >= 0.3 is 0 Å². The summed E-state index contributed by atoms with van der Waals surface area (Å²) in [6, 6.07) is 6.77. The summed E-state index contributed by atoms with van der Waals surface area (Å²) in [5.74, 6) is 0.0553. The maximum Gasteiger partial charge on any atom is 0.216 e. The van der Waals surface area contributed by atoms with Crippen LogP contribution in [0.15, 0.2) is 18.2 Å². The van der Waals surface area contributed by atoms with Crippen molar-refractivity contribution in [3.8, 4) is 11.8 Å². The predicted octanol–water partition coefficient (Wildman–Crippen LogP) is 1.38. The van der Waals surface area contributed by atoms with Crippen LogP contribution in [0, 0.1) is 18.3 Å². The Balaban J connectivity index is 2.52. The highest BCUT2D eigenvalue weighted by molar-refractivity contribution is 5.72. The molecule has 0 bridgehead atoms. The van der Waals surface area contributed by atoms with Gasteiger partial charge in [0.25, 0.3) is 0 Å². The molecule has 1 aromatic carbocycles. The van der Waals surface area contributed by atoms with Crippen LogP contribution < -0.4 is 10.6 Å². The molecule has 1 aromatic rings. The third-order valence-corrected chi connectivity index (χ3v) is 2.70. The molecule has 0 saturated carbocycles. The second kappa shape index (κ2) is 7.39. The first-order valence-electron chi connectivity index (χ1n) is 6.21. The molecule has 1 unspecified atom stereocenters. The van der Waals surface area contributed by atoms with E-state index in [1.165, 1.54) is 6.92 Å². The largest absolute Gasteiger partial charge is 0.508 e. The Morgan fingerprint density at radius 3 is 2.84 bits per heavy atom. The van der Waals surface area contributed by atoms with E-state index in [2.05, 4.69) is 16.7 Å². The molecule has 0 aliphatic carbocycles. The Labute approximate surface area is 113 Å². The fraction of sp³-hybridized carbons (Fsp3) is 0.429. The molecule has 0 heterocycles. The van der Waals surface area contributed by atoms with Crippen molar-refractivity contribution in [1.29, 1.82) is 5.26 Å². The van der Waals surface area contributed by atoms with Gasteiger partial charge in [-0.15, -0.1) is 0 Å². The van der Waals surface area contributed by atoms with Gasteiger partial charge in [0, 0.05) is 19.0 Å². The molecule has 19 heavy (non-hydrogen) atoms. The first kappa shape index (κ1) is 15.0. The maximum atomic E-state index is 10.7. The predicted molar refractivity (Wildman–Crippen MR) is 72.5 cm³/mol. The third-order valence-electron chi connectivity index (χ3n) is 2.70. The number of phenolic OH excluding ortho intramolecular Hbond substituents is 1. The number of aryl methyl sites for hydroxylation is 1. The van der Waals surface area contributed by atoms with E-state index in [-0.39, 0.29) is 11.7 Å². The molecule has 0 saturated heterocycles. The average Bonchev–Trinajstić information content (AvgIpc) is 2.37. The quantitative estimate of drug-likeness (QED) is 0.675. The molecule has 5 nitrogen and oxygen atoms in total. The lowest BCUT2D eigenvalue weighted by atomic mass is 10.0. The number of hydrogen-bond donors (Lipinski definition) is 3. The number of aromatic hydroxyl groups is 1. The number of rotatable bonds is 6. The number of nitriles is 1. The highest BCUT2D eigenvalue weighted by Gasteiger charge is 2.13. The van der Waals surface area contributed by atoms with Crippen molar-refractivity contribution in [1.82, 2.24) is 10.6 Å². The van der Waals surface area contributed by atoms with Crippen LogP contribution in [0.2, 0.25) is 0 Å². The summed E-state index contributed by atoms with van der Waals surface area (Å²) in [7, 11) is 0. The zero-order chi connectivity index (χ0) is 14.3. The molecule has 0 aliphatic rings. The molecular weight excluding hydrogens is 242 g/mol. The molecule has 0 radical (unpaired) electrons.